The fraction of sp³-hybridized carbons (Fsp3) is 0.250. The van der Waals surface area contributed by atoms with E-state index in [2.05, 4.69) is 0 Å². The molecule has 0 saturated carbocycles. The van der Waals surface area contributed by atoms with Crippen molar-refractivity contribution in [2.75, 3.05) is 12.2 Å². The Hall–Kier alpha value is -2.59. The minimum absolute atomic E-state index is 0.185. The van der Waals surface area contributed by atoms with Gasteiger partial charge in [0, 0.05) is 22.9 Å². The van der Waals surface area contributed by atoms with Gasteiger partial charge >= 0.3 is 0 Å². The summed E-state index contributed by atoms with van der Waals surface area (Å²) in [5.41, 5.74) is 3.47. The number of hydroxylamine groups is 1. The van der Waals surface area contributed by atoms with E-state index in [1.54, 1.807) is 12.1 Å². The number of anilines is 1. The molecule has 0 spiro atoms. The molecule has 0 N–H and O–H groups in total. The van der Waals surface area contributed by atoms with E-state index in [9.17, 15) is 4.79 Å². The van der Waals surface area contributed by atoms with E-state index in [1.165, 1.54) is 30.6 Å². The van der Waals surface area contributed by atoms with E-state index in [0.29, 0.717) is 11.3 Å². The lowest BCUT2D eigenvalue weighted by Crippen LogP contribution is -2.29. The summed E-state index contributed by atoms with van der Waals surface area (Å²) < 4.78 is 5.96. The maximum absolute atomic E-state index is 12.7. The van der Waals surface area contributed by atoms with Crippen LogP contribution in [0.2, 0.25) is 0 Å². The summed E-state index contributed by atoms with van der Waals surface area (Å²) in [6.07, 6.45) is 4.39. The number of fused-ring (bicyclic) bond motifs is 3. The van der Waals surface area contributed by atoms with Gasteiger partial charge in [-0.15, -0.1) is 0 Å². The largest absolute Gasteiger partial charge is 0.461 e. The van der Waals surface area contributed by atoms with Gasteiger partial charge in [-0.25, -0.2) is 0 Å². The molecule has 122 valence electrons. The van der Waals surface area contributed by atoms with Crippen LogP contribution < -0.4 is 5.06 Å². The predicted molar refractivity (Wildman–Crippen MR) is 93.1 cm³/mol. The van der Waals surface area contributed by atoms with Gasteiger partial charge in [0.1, 0.15) is 11.3 Å². The van der Waals surface area contributed by atoms with Crippen LogP contribution >= 0.6 is 0 Å². The number of carbonyl (C=O) groups excluding carboxylic acids is 1. The molecule has 0 radical (unpaired) electrons. The second-order valence-corrected chi connectivity index (χ2v) is 6.04. The maximum atomic E-state index is 12.7. The Bertz CT molecular complexity index is 883. The van der Waals surface area contributed by atoms with Crippen LogP contribution in [0.5, 0.6) is 0 Å². The van der Waals surface area contributed by atoms with Crippen molar-refractivity contribution < 1.29 is 14.0 Å². The molecule has 1 aromatic heterocycles. The van der Waals surface area contributed by atoms with E-state index >= 15 is 0 Å². The fourth-order valence-electron chi connectivity index (χ4n) is 3.38. The first-order chi connectivity index (χ1) is 11.8. The van der Waals surface area contributed by atoms with Crippen LogP contribution in [0, 0.1) is 0 Å². The number of furan rings is 1. The maximum Gasteiger partial charge on any atom is 0.282 e. The molecule has 1 aliphatic rings. The van der Waals surface area contributed by atoms with E-state index in [0.717, 1.165) is 29.6 Å². The second-order valence-electron chi connectivity index (χ2n) is 6.04. The molecule has 0 unspecified atom stereocenters. The third kappa shape index (κ3) is 2.49. The molecular formula is C20H19NO3. The molecule has 3 aromatic rings. The first-order valence-electron chi connectivity index (χ1n) is 8.26. The molecular weight excluding hydrogens is 302 g/mol. The summed E-state index contributed by atoms with van der Waals surface area (Å²) in [7, 11) is 1.51. The quantitative estimate of drug-likeness (QED) is 0.666. The van der Waals surface area contributed by atoms with Crippen LogP contribution in [-0.4, -0.2) is 13.0 Å². The third-order valence-electron chi connectivity index (χ3n) is 4.56. The number of hydrogen-bond donors (Lipinski definition) is 0. The van der Waals surface area contributed by atoms with E-state index < -0.39 is 0 Å². The average Bonchev–Trinajstić information content (AvgIpc) is 3.01. The van der Waals surface area contributed by atoms with E-state index in [-0.39, 0.29) is 5.91 Å². The molecule has 0 aliphatic heterocycles. The Labute approximate surface area is 140 Å². The number of carbonyl (C=O) groups is 1. The first-order valence-corrected chi connectivity index (χ1v) is 8.26. The fourth-order valence-corrected chi connectivity index (χ4v) is 3.38. The molecule has 4 heteroatoms. The Kier molecular flexibility index (Phi) is 3.82. The highest BCUT2D eigenvalue weighted by Gasteiger charge is 2.21. The van der Waals surface area contributed by atoms with Crippen LogP contribution in [0.25, 0.3) is 11.0 Å². The van der Waals surface area contributed by atoms with E-state index in [1.807, 2.05) is 36.4 Å². The summed E-state index contributed by atoms with van der Waals surface area (Å²) in [5, 5.41) is 2.42. The SMILES string of the molecule is CON(C(=O)c1ccccc1)c1ccc2oc3c(c2c1)CCCC3. The van der Waals surface area contributed by atoms with E-state index in [4.69, 9.17) is 9.25 Å². The van der Waals surface area contributed by atoms with Crippen LogP contribution in [0.15, 0.2) is 52.9 Å². The monoisotopic (exact) mass is 321 g/mol. The van der Waals surface area contributed by atoms with Crippen molar-refractivity contribution in [3.8, 4) is 0 Å². The summed E-state index contributed by atoms with van der Waals surface area (Å²) in [6.45, 7) is 0. The van der Waals surface area contributed by atoms with Gasteiger partial charge in [-0.2, -0.15) is 5.06 Å². The molecule has 1 amide bonds. The Morgan fingerprint density at radius 3 is 2.67 bits per heavy atom. The number of rotatable bonds is 3. The Morgan fingerprint density at radius 2 is 1.88 bits per heavy atom. The van der Waals surface area contributed by atoms with Gasteiger partial charge < -0.3 is 4.42 Å². The van der Waals surface area contributed by atoms with Crippen molar-refractivity contribution in [3.05, 3.63) is 65.4 Å². The van der Waals surface area contributed by atoms with Crippen LogP contribution in [-0.2, 0) is 17.7 Å². The zero-order chi connectivity index (χ0) is 16.5. The van der Waals surface area contributed by atoms with Crippen molar-refractivity contribution >= 4 is 22.6 Å². The number of amides is 1. The minimum atomic E-state index is -0.185. The zero-order valence-electron chi connectivity index (χ0n) is 13.6. The lowest BCUT2D eigenvalue weighted by atomic mass is 9.96. The van der Waals surface area contributed by atoms with Gasteiger partial charge in [0.2, 0.25) is 0 Å². The normalized spacial score (nSPS) is 13.7. The van der Waals surface area contributed by atoms with Gasteiger partial charge in [0.15, 0.2) is 0 Å². The van der Waals surface area contributed by atoms with Crippen LogP contribution in [0.3, 0.4) is 0 Å². The average molecular weight is 321 g/mol. The highest BCUT2D eigenvalue weighted by molar-refractivity contribution is 6.05. The van der Waals surface area contributed by atoms with Crippen LogP contribution in [0.1, 0.15) is 34.5 Å². The topological polar surface area (TPSA) is 42.7 Å². The number of nitrogens with zero attached hydrogens (tertiary/aromatic N) is 1. The van der Waals surface area contributed by atoms with Crippen molar-refractivity contribution in [2.45, 2.75) is 25.7 Å². The van der Waals surface area contributed by atoms with Crippen LogP contribution in [0.4, 0.5) is 5.69 Å². The minimum Gasteiger partial charge on any atom is -0.461 e. The molecule has 0 saturated heterocycles. The Balaban J connectivity index is 1.75. The lowest BCUT2D eigenvalue weighted by Gasteiger charge is -2.20. The third-order valence-corrected chi connectivity index (χ3v) is 4.56. The van der Waals surface area contributed by atoms with Gasteiger partial charge in [0.25, 0.3) is 5.91 Å². The van der Waals surface area contributed by atoms with Gasteiger partial charge in [-0.05, 0) is 49.6 Å². The predicted octanol–water partition coefficient (Wildman–Crippen LogP) is 4.52. The summed E-state index contributed by atoms with van der Waals surface area (Å²) in [5.74, 6) is 0.904. The number of benzene rings is 2. The molecule has 1 heterocycles. The lowest BCUT2D eigenvalue weighted by molar-refractivity contribution is 0.0773. The zero-order valence-corrected chi connectivity index (χ0v) is 13.6. The summed E-state index contributed by atoms with van der Waals surface area (Å²) in [6, 6.07) is 14.9. The second kappa shape index (κ2) is 6.13. The van der Waals surface area contributed by atoms with Crippen molar-refractivity contribution in [3.63, 3.8) is 0 Å². The van der Waals surface area contributed by atoms with Gasteiger partial charge in [0.05, 0.1) is 12.8 Å². The molecule has 2 aromatic carbocycles. The van der Waals surface area contributed by atoms with Crippen molar-refractivity contribution in [1.29, 1.82) is 0 Å². The molecule has 0 fully saturated rings. The molecule has 4 nitrogen and oxygen atoms in total. The highest BCUT2D eigenvalue weighted by Crippen LogP contribution is 2.34. The molecule has 0 bridgehead atoms. The van der Waals surface area contributed by atoms with Crippen molar-refractivity contribution in [1.82, 2.24) is 0 Å². The molecule has 4 rings (SSSR count). The Morgan fingerprint density at radius 1 is 1.08 bits per heavy atom. The van der Waals surface area contributed by atoms with Gasteiger partial charge in [-0.3, -0.25) is 9.63 Å². The molecule has 24 heavy (non-hydrogen) atoms. The molecule has 0 atom stereocenters. The smallest absolute Gasteiger partial charge is 0.282 e. The summed E-state index contributed by atoms with van der Waals surface area (Å²) >= 11 is 0. The molecule has 1 aliphatic carbocycles. The standard InChI is InChI=1S/C20H19NO3/c1-23-21(20(22)14-7-3-2-4-8-14)15-11-12-19-17(13-15)16-9-5-6-10-18(16)24-19/h2-4,7-8,11-13H,5-6,9-10H2,1H3. The van der Waals surface area contributed by atoms with Crippen molar-refractivity contribution in [2.24, 2.45) is 0 Å². The first kappa shape index (κ1) is 15.0. The van der Waals surface area contributed by atoms with Gasteiger partial charge in [-0.1, -0.05) is 18.2 Å². The number of aryl methyl sites for hydroxylation is 2. The number of hydrogen-bond acceptors (Lipinski definition) is 3. The highest BCUT2D eigenvalue weighted by atomic mass is 16.7. The summed E-state index contributed by atoms with van der Waals surface area (Å²) in [4.78, 5) is 18.1.